The lowest BCUT2D eigenvalue weighted by Gasteiger charge is -2.33. The molecular weight excluding hydrogens is 407 g/mol. The number of nitrogens with zero attached hydrogens (tertiary/aromatic N) is 2. The molecule has 0 bridgehead atoms. The zero-order chi connectivity index (χ0) is 19.4. The molecule has 10 heteroatoms. The Morgan fingerprint density at radius 3 is 2.75 bits per heavy atom. The van der Waals surface area contributed by atoms with E-state index < -0.39 is 4.92 Å². The van der Waals surface area contributed by atoms with Crippen molar-refractivity contribution in [1.82, 2.24) is 15.5 Å². The van der Waals surface area contributed by atoms with E-state index in [2.05, 4.69) is 10.6 Å². The minimum absolute atomic E-state index is 0. The molecule has 0 saturated carbocycles. The number of nitrogens with one attached hydrogen (secondary N) is 2. The monoisotopic (exact) mass is 430 g/mol. The molecule has 2 fully saturated rings. The molecule has 2 saturated heterocycles. The Balaban J connectivity index is 0.00000280. The molecule has 3 rings (SSSR count). The van der Waals surface area contributed by atoms with Gasteiger partial charge in [-0.15, -0.1) is 12.4 Å². The second-order valence-electron chi connectivity index (χ2n) is 7.07. The minimum atomic E-state index is -0.543. The second kappa shape index (κ2) is 10.0. The van der Waals surface area contributed by atoms with Crippen LogP contribution in [0.4, 0.5) is 5.69 Å². The van der Waals surface area contributed by atoms with Crippen LogP contribution in [0.5, 0.6) is 0 Å². The molecule has 154 valence electrons. The normalized spacial score (nSPS) is 21.7. The van der Waals surface area contributed by atoms with Gasteiger partial charge in [-0.1, -0.05) is 11.6 Å². The minimum Gasteiger partial charge on any atom is -0.354 e. The average molecular weight is 431 g/mol. The lowest BCUT2D eigenvalue weighted by molar-refractivity contribution is -0.384. The summed E-state index contributed by atoms with van der Waals surface area (Å²) in [5.41, 5.74) is 0.124. The third-order valence-corrected chi connectivity index (χ3v) is 5.45. The quantitative estimate of drug-likeness (QED) is 0.550. The number of hydrogen-bond donors (Lipinski definition) is 2. The summed E-state index contributed by atoms with van der Waals surface area (Å²) in [7, 11) is 0. The van der Waals surface area contributed by atoms with Crippen molar-refractivity contribution >= 4 is 41.5 Å². The van der Waals surface area contributed by atoms with Crippen molar-refractivity contribution < 1.29 is 14.5 Å². The van der Waals surface area contributed by atoms with Crippen molar-refractivity contribution in [3.8, 4) is 0 Å². The van der Waals surface area contributed by atoms with E-state index in [0.29, 0.717) is 19.6 Å². The van der Waals surface area contributed by atoms with Gasteiger partial charge in [-0.2, -0.15) is 0 Å². The number of non-ortho nitro benzene ring substituents is 1. The average Bonchev–Trinajstić information content (AvgIpc) is 3.20. The van der Waals surface area contributed by atoms with Crippen LogP contribution in [0, 0.1) is 16.0 Å². The number of likely N-dealkylation sites (tertiary alicyclic amines) is 1. The van der Waals surface area contributed by atoms with E-state index >= 15 is 0 Å². The highest BCUT2D eigenvalue weighted by Crippen LogP contribution is 2.25. The van der Waals surface area contributed by atoms with Gasteiger partial charge in [0.2, 0.25) is 5.91 Å². The van der Waals surface area contributed by atoms with E-state index in [9.17, 15) is 19.7 Å². The number of nitro groups is 1. The summed E-state index contributed by atoms with van der Waals surface area (Å²) in [6, 6.07) is 3.78. The van der Waals surface area contributed by atoms with Gasteiger partial charge in [0.1, 0.15) is 0 Å². The van der Waals surface area contributed by atoms with E-state index in [0.717, 1.165) is 32.2 Å². The van der Waals surface area contributed by atoms with Gasteiger partial charge in [-0.05, 0) is 44.2 Å². The Hall–Kier alpha value is -1.90. The maximum Gasteiger partial charge on any atom is 0.270 e. The van der Waals surface area contributed by atoms with E-state index in [1.54, 1.807) is 4.90 Å². The molecule has 2 aliphatic rings. The Bertz CT molecular complexity index is 740. The number of nitro benzene ring substituents is 1. The summed E-state index contributed by atoms with van der Waals surface area (Å²) in [4.78, 5) is 36.9. The second-order valence-corrected chi connectivity index (χ2v) is 7.48. The molecule has 1 aromatic carbocycles. The molecule has 0 radical (unpaired) electrons. The molecule has 0 spiro atoms. The number of carbonyl (C=O) groups is 2. The molecule has 2 aliphatic heterocycles. The van der Waals surface area contributed by atoms with Crippen LogP contribution in [0.25, 0.3) is 0 Å². The first-order valence-corrected chi connectivity index (χ1v) is 9.58. The van der Waals surface area contributed by atoms with E-state index in [4.69, 9.17) is 11.6 Å². The zero-order valence-corrected chi connectivity index (χ0v) is 16.9. The lowest BCUT2D eigenvalue weighted by atomic mass is 9.97. The topological polar surface area (TPSA) is 105 Å². The number of amides is 2. The van der Waals surface area contributed by atoms with E-state index in [-0.39, 0.29) is 52.5 Å². The first-order chi connectivity index (χ1) is 13.0. The number of halogens is 2. The van der Waals surface area contributed by atoms with Crippen LogP contribution in [0.3, 0.4) is 0 Å². The van der Waals surface area contributed by atoms with Crippen molar-refractivity contribution in [3.63, 3.8) is 0 Å². The van der Waals surface area contributed by atoms with Crippen molar-refractivity contribution in [2.45, 2.75) is 31.7 Å². The molecule has 2 N–H and O–H groups in total. The van der Waals surface area contributed by atoms with Crippen molar-refractivity contribution in [3.05, 3.63) is 38.9 Å². The van der Waals surface area contributed by atoms with Gasteiger partial charge in [-0.25, -0.2) is 0 Å². The highest BCUT2D eigenvalue weighted by Gasteiger charge is 2.28. The number of piperidine rings is 1. The van der Waals surface area contributed by atoms with Crippen LogP contribution in [0.15, 0.2) is 18.2 Å². The largest absolute Gasteiger partial charge is 0.354 e. The molecule has 28 heavy (non-hydrogen) atoms. The highest BCUT2D eigenvalue weighted by atomic mass is 35.5. The molecule has 0 aliphatic carbocycles. The Labute approximate surface area is 174 Å². The smallest absolute Gasteiger partial charge is 0.270 e. The zero-order valence-electron chi connectivity index (χ0n) is 15.4. The van der Waals surface area contributed by atoms with Crippen molar-refractivity contribution in [2.24, 2.45) is 5.92 Å². The van der Waals surface area contributed by atoms with Crippen LogP contribution in [-0.4, -0.2) is 53.9 Å². The third kappa shape index (κ3) is 5.33. The van der Waals surface area contributed by atoms with Gasteiger partial charge in [0.25, 0.3) is 11.6 Å². The highest BCUT2D eigenvalue weighted by molar-refractivity contribution is 6.34. The molecule has 0 aromatic heterocycles. The van der Waals surface area contributed by atoms with Gasteiger partial charge in [0.15, 0.2) is 0 Å². The lowest BCUT2D eigenvalue weighted by Crippen LogP contribution is -2.46. The first kappa shape index (κ1) is 22.4. The molecular formula is C18H24Cl2N4O4. The van der Waals surface area contributed by atoms with Crippen LogP contribution in [0.2, 0.25) is 5.02 Å². The summed E-state index contributed by atoms with van der Waals surface area (Å²) >= 11 is 6.08. The number of carbonyl (C=O) groups excluding carboxylic acids is 2. The van der Waals surface area contributed by atoms with Crippen LogP contribution < -0.4 is 10.6 Å². The van der Waals surface area contributed by atoms with Gasteiger partial charge in [-0.3, -0.25) is 19.7 Å². The molecule has 2 atom stereocenters. The summed E-state index contributed by atoms with van der Waals surface area (Å²) < 4.78 is 0. The number of benzene rings is 1. The van der Waals surface area contributed by atoms with Crippen LogP contribution >= 0.6 is 24.0 Å². The molecule has 2 amide bonds. The fourth-order valence-electron chi connectivity index (χ4n) is 3.65. The fraction of sp³-hybridized carbons (Fsp3) is 0.556. The SMILES string of the molecule is Cl.O=C(NCC1CCCN(C(=O)c2ccc([N+](=O)[O-])cc2Cl)C1)C1CCCN1. The maximum atomic E-state index is 12.8. The Morgan fingerprint density at radius 1 is 1.32 bits per heavy atom. The summed E-state index contributed by atoms with van der Waals surface area (Å²) in [6.07, 6.45) is 3.66. The van der Waals surface area contributed by atoms with Gasteiger partial charge in [0.05, 0.1) is 21.6 Å². The number of hydrogen-bond acceptors (Lipinski definition) is 5. The van der Waals surface area contributed by atoms with Gasteiger partial charge in [0, 0.05) is 31.8 Å². The number of rotatable bonds is 5. The fourth-order valence-corrected chi connectivity index (χ4v) is 3.91. The Morgan fingerprint density at radius 2 is 2.11 bits per heavy atom. The van der Waals surface area contributed by atoms with Crippen molar-refractivity contribution in [1.29, 1.82) is 0 Å². The predicted molar refractivity (Wildman–Crippen MR) is 108 cm³/mol. The van der Waals surface area contributed by atoms with Gasteiger partial charge < -0.3 is 15.5 Å². The molecule has 8 nitrogen and oxygen atoms in total. The molecule has 2 heterocycles. The third-order valence-electron chi connectivity index (χ3n) is 5.14. The standard InChI is InChI=1S/C18H23ClN4O4.ClH/c19-15-9-13(23(26)27)5-6-14(15)18(25)22-8-2-3-12(11-22)10-21-17(24)16-4-1-7-20-16;/h5-6,9,12,16,20H,1-4,7-8,10-11H2,(H,21,24);1H. The summed E-state index contributed by atoms with van der Waals surface area (Å²) in [5, 5.41) is 17.1. The van der Waals surface area contributed by atoms with E-state index in [1.807, 2.05) is 0 Å². The summed E-state index contributed by atoms with van der Waals surface area (Å²) in [5.74, 6) is -0.0253. The predicted octanol–water partition coefficient (Wildman–Crippen LogP) is 2.39. The van der Waals surface area contributed by atoms with E-state index in [1.165, 1.54) is 18.2 Å². The van der Waals surface area contributed by atoms with Crippen LogP contribution in [-0.2, 0) is 4.79 Å². The molecule has 2 unspecified atom stereocenters. The first-order valence-electron chi connectivity index (χ1n) is 9.20. The van der Waals surface area contributed by atoms with Crippen molar-refractivity contribution in [2.75, 3.05) is 26.2 Å². The summed E-state index contributed by atoms with van der Waals surface area (Å²) in [6.45, 7) is 2.56. The Kier molecular flexibility index (Phi) is 8.03. The van der Waals surface area contributed by atoms with Crippen LogP contribution in [0.1, 0.15) is 36.0 Å². The maximum absolute atomic E-state index is 12.8. The molecule has 1 aromatic rings. The van der Waals surface area contributed by atoms with Gasteiger partial charge >= 0.3 is 0 Å².